The average molecular weight is 351 g/mol. The molecule has 1 saturated heterocycles. The number of hydrogen-bond acceptors (Lipinski definition) is 3. The summed E-state index contributed by atoms with van der Waals surface area (Å²) in [5.74, 6) is 0. The molecular formula is C14H20Cl2N2O2S. The highest BCUT2D eigenvalue weighted by molar-refractivity contribution is 7.89. The van der Waals surface area contributed by atoms with Gasteiger partial charge in [-0.1, -0.05) is 37.0 Å². The van der Waals surface area contributed by atoms with E-state index < -0.39 is 10.0 Å². The van der Waals surface area contributed by atoms with Crippen molar-refractivity contribution in [3.8, 4) is 0 Å². The summed E-state index contributed by atoms with van der Waals surface area (Å²) in [5.41, 5.74) is 0.723. The molecule has 0 atom stereocenters. The Morgan fingerprint density at radius 1 is 1.29 bits per heavy atom. The predicted molar refractivity (Wildman–Crippen MR) is 86.4 cm³/mol. The molecule has 0 radical (unpaired) electrons. The van der Waals surface area contributed by atoms with Gasteiger partial charge < -0.3 is 5.32 Å². The Bertz CT molecular complexity index is 645. The third-order valence-electron chi connectivity index (χ3n) is 3.73. The van der Waals surface area contributed by atoms with E-state index in [1.807, 2.05) is 0 Å². The van der Waals surface area contributed by atoms with Crippen LogP contribution in [0.5, 0.6) is 0 Å². The molecule has 0 spiro atoms. The van der Waals surface area contributed by atoms with Crippen LogP contribution >= 0.6 is 23.2 Å². The van der Waals surface area contributed by atoms with Gasteiger partial charge in [0.25, 0.3) is 0 Å². The van der Waals surface area contributed by atoms with E-state index >= 15 is 0 Å². The molecule has 1 aromatic carbocycles. The Hall–Kier alpha value is -0.330. The van der Waals surface area contributed by atoms with Gasteiger partial charge in [0, 0.05) is 24.7 Å². The summed E-state index contributed by atoms with van der Waals surface area (Å²) in [4.78, 5) is 0.136. The fourth-order valence-corrected chi connectivity index (χ4v) is 4.97. The van der Waals surface area contributed by atoms with E-state index in [1.165, 1.54) is 10.4 Å². The molecule has 0 amide bonds. The van der Waals surface area contributed by atoms with Gasteiger partial charge in [-0.2, -0.15) is 4.31 Å². The summed E-state index contributed by atoms with van der Waals surface area (Å²) in [6.45, 7) is 5.66. The number of hydrogen-bond donors (Lipinski definition) is 1. The number of sulfonamides is 1. The highest BCUT2D eigenvalue weighted by Gasteiger charge is 2.37. The van der Waals surface area contributed by atoms with Crippen molar-refractivity contribution in [3.05, 3.63) is 27.7 Å². The van der Waals surface area contributed by atoms with Gasteiger partial charge >= 0.3 is 0 Å². The lowest BCUT2D eigenvalue weighted by Gasteiger charge is -2.21. The smallest absolute Gasteiger partial charge is 0.244 e. The molecule has 0 saturated carbocycles. The SMILES string of the molecule is CNCc1cc(S(=O)(=O)N2CCC(C)(C)C2)c(Cl)cc1Cl. The molecule has 21 heavy (non-hydrogen) atoms. The van der Waals surface area contributed by atoms with E-state index in [1.54, 1.807) is 13.1 Å². The second-order valence-electron chi connectivity index (χ2n) is 6.16. The van der Waals surface area contributed by atoms with Crippen molar-refractivity contribution >= 4 is 33.2 Å². The average Bonchev–Trinajstić information content (AvgIpc) is 2.73. The number of nitrogens with zero attached hydrogens (tertiary/aromatic N) is 1. The first-order valence-corrected chi connectivity index (χ1v) is 9.00. The van der Waals surface area contributed by atoms with Crippen LogP contribution in [0.3, 0.4) is 0 Å². The largest absolute Gasteiger partial charge is 0.316 e. The first-order valence-electron chi connectivity index (χ1n) is 6.80. The Morgan fingerprint density at radius 2 is 1.95 bits per heavy atom. The van der Waals surface area contributed by atoms with Gasteiger partial charge in [0.15, 0.2) is 0 Å². The second-order valence-corrected chi connectivity index (χ2v) is 8.88. The molecule has 1 heterocycles. The first kappa shape index (κ1) is 17.0. The molecule has 1 fully saturated rings. The second kappa shape index (κ2) is 6.05. The summed E-state index contributed by atoms with van der Waals surface area (Å²) in [6, 6.07) is 3.08. The van der Waals surface area contributed by atoms with Crippen LogP contribution in [0.4, 0.5) is 0 Å². The van der Waals surface area contributed by atoms with E-state index in [-0.39, 0.29) is 15.3 Å². The maximum atomic E-state index is 12.8. The van der Waals surface area contributed by atoms with Crippen molar-refractivity contribution in [2.24, 2.45) is 5.41 Å². The molecule has 7 heteroatoms. The van der Waals surface area contributed by atoms with Crippen molar-refractivity contribution in [1.82, 2.24) is 9.62 Å². The lowest BCUT2D eigenvalue weighted by atomic mass is 9.93. The minimum absolute atomic E-state index is 0.000223. The van der Waals surface area contributed by atoms with Crippen molar-refractivity contribution < 1.29 is 8.42 Å². The summed E-state index contributed by atoms with van der Waals surface area (Å²) in [6.07, 6.45) is 0.848. The van der Waals surface area contributed by atoms with Crippen LogP contribution in [0, 0.1) is 5.41 Å². The molecule has 0 aliphatic carbocycles. The Balaban J connectivity index is 2.43. The van der Waals surface area contributed by atoms with Gasteiger partial charge in [0.05, 0.1) is 5.02 Å². The highest BCUT2D eigenvalue weighted by Crippen LogP contribution is 2.36. The van der Waals surface area contributed by atoms with Crippen LogP contribution in [-0.4, -0.2) is 32.9 Å². The normalized spacial score (nSPS) is 19.1. The van der Waals surface area contributed by atoms with E-state index in [9.17, 15) is 8.42 Å². The fourth-order valence-electron chi connectivity index (χ4n) is 2.50. The maximum absolute atomic E-state index is 12.8. The molecule has 118 valence electrons. The number of rotatable bonds is 4. The molecule has 1 aliphatic rings. The molecule has 1 aromatic rings. The molecule has 1 N–H and O–H groups in total. The number of nitrogens with one attached hydrogen (secondary N) is 1. The van der Waals surface area contributed by atoms with Gasteiger partial charge in [-0.15, -0.1) is 0 Å². The van der Waals surface area contributed by atoms with Crippen LogP contribution in [0.15, 0.2) is 17.0 Å². The minimum atomic E-state index is -3.58. The molecular weight excluding hydrogens is 331 g/mol. The van der Waals surface area contributed by atoms with Crippen LogP contribution in [-0.2, 0) is 16.6 Å². The standard InChI is InChI=1S/C14H20Cl2N2O2S/c1-14(2)4-5-18(9-14)21(19,20)13-6-10(8-17-3)11(15)7-12(13)16/h6-7,17H,4-5,8-9H2,1-3H3. The Labute approximate surface area is 136 Å². The lowest BCUT2D eigenvalue weighted by molar-refractivity contribution is 0.375. The van der Waals surface area contributed by atoms with Gasteiger partial charge in [0.1, 0.15) is 4.90 Å². The van der Waals surface area contributed by atoms with Gasteiger partial charge in [-0.05, 0) is 36.6 Å². The molecule has 4 nitrogen and oxygen atoms in total. The third-order valence-corrected chi connectivity index (χ3v) is 6.39. The zero-order valence-corrected chi connectivity index (χ0v) is 14.7. The Morgan fingerprint density at radius 3 is 2.48 bits per heavy atom. The van der Waals surface area contributed by atoms with Crippen molar-refractivity contribution in [1.29, 1.82) is 0 Å². The van der Waals surface area contributed by atoms with E-state index in [0.717, 1.165) is 12.0 Å². The molecule has 0 aromatic heterocycles. The molecule has 0 unspecified atom stereocenters. The summed E-state index contributed by atoms with van der Waals surface area (Å²) >= 11 is 12.2. The van der Waals surface area contributed by atoms with E-state index in [4.69, 9.17) is 23.2 Å². The molecule has 2 rings (SSSR count). The van der Waals surface area contributed by atoms with E-state index in [2.05, 4.69) is 19.2 Å². The fraction of sp³-hybridized carbons (Fsp3) is 0.571. The third kappa shape index (κ3) is 3.54. The highest BCUT2D eigenvalue weighted by atomic mass is 35.5. The molecule has 0 bridgehead atoms. The van der Waals surface area contributed by atoms with Gasteiger partial charge in [-0.25, -0.2) is 8.42 Å². The van der Waals surface area contributed by atoms with Crippen LogP contribution < -0.4 is 5.32 Å². The zero-order chi connectivity index (χ0) is 15.8. The quantitative estimate of drug-likeness (QED) is 0.907. The van der Waals surface area contributed by atoms with Crippen LogP contribution in [0.1, 0.15) is 25.8 Å². The van der Waals surface area contributed by atoms with E-state index in [0.29, 0.717) is 24.7 Å². The zero-order valence-electron chi connectivity index (χ0n) is 12.4. The van der Waals surface area contributed by atoms with Crippen LogP contribution in [0.2, 0.25) is 10.0 Å². The van der Waals surface area contributed by atoms with Crippen molar-refractivity contribution in [2.45, 2.75) is 31.7 Å². The van der Waals surface area contributed by atoms with Crippen LogP contribution in [0.25, 0.3) is 0 Å². The Kier molecular flexibility index (Phi) is 4.90. The van der Waals surface area contributed by atoms with Crippen molar-refractivity contribution in [2.75, 3.05) is 20.1 Å². The minimum Gasteiger partial charge on any atom is -0.316 e. The molecule has 1 aliphatic heterocycles. The maximum Gasteiger partial charge on any atom is 0.244 e. The first-order chi connectivity index (χ1) is 9.67. The topological polar surface area (TPSA) is 49.4 Å². The van der Waals surface area contributed by atoms with Gasteiger partial charge in [-0.3, -0.25) is 0 Å². The van der Waals surface area contributed by atoms with Gasteiger partial charge in [0.2, 0.25) is 10.0 Å². The number of halogens is 2. The summed E-state index contributed by atoms with van der Waals surface area (Å²) in [5, 5.41) is 3.61. The lowest BCUT2D eigenvalue weighted by Crippen LogP contribution is -2.30. The van der Waals surface area contributed by atoms with Crippen molar-refractivity contribution in [3.63, 3.8) is 0 Å². The number of benzene rings is 1. The predicted octanol–water partition coefficient (Wildman–Crippen LogP) is 3.13. The summed E-state index contributed by atoms with van der Waals surface area (Å²) in [7, 11) is -1.80. The summed E-state index contributed by atoms with van der Waals surface area (Å²) < 4.78 is 27.1. The monoisotopic (exact) mass is 350 g/mol.